The minimum Gasteiger partial charge on any atom is -0.339 e. The van der Waals surface area contributed by atoms with E-state index < -0.39 is 0 Å². The summed E-state index contributed by atoms with van der Waals surface area (Å²) in [6.45, 7) is 0.952. The second-order valence-corrected chi connectivity index (χ2v) is 5.72. The van der Waals surface area contributed by atoms with E-state index in [1.165, 1.54) is 0 Å². The molecule has 1 aromatic heterocycles. The molecule has 1 aliphatic rings. The minimum atomic E-state index is 0.366. The number of rotatable bonds is 5. The van der Waals surface area contributed by atoms with Crippen LogP contribution in [0.2, 0.25) is 0 Å². The summed E-state index contributed by atoms with van der Waals surface area (Å²) in [5.74, 6) is 4.17. The van der Waals surface area contributed by atoms with Crippen LogP contribution in [0.25, 0.3) is 0 Å². The molecule has 2 heterocycles. The van der Waals surface area contributed by atoms with Crippen LogP contribution in [-0.4, -0.2) is 60.3 Å². The number of thioether (sulfide) groups is 1. The highest BCUT2D eigenvalue weighted by Gasteiger charge is 2.32. The molecule has 0 spiro atoms. The summed E-state index contributed by atoms with van der Waals surface area (Å²) in [4.78, 5) is 6.63. The Morgan fingerprint density at radius 2 is 2.29 bits per heavy atom. The van der Waals surface area contributed by atoms with E-state index in [9.17, 15) is 0 Å². The van der Waals surface area contributed by atoms with Gasteiger partial charge in [-0.25, -0.2) is 0 Å². The summed E-state index contributed by atoms with van der Waals surface area (Å²) in [5, 5.41) is 7.37. The molecular formula is C11H20N4OS. The van der Waals surface area contributed by atoms with Crippen molar-refractivity contribution < 1.29 is 4.52 Å². The lowest BCUT2D eigenvalue weighted by atomic mass is 10.0. The highest BCUT2D eigenvalue weighted by Crippen LogP contribution is 2.31. The molecule has 17 heavy (non-hydrogen) atoms. The summed E-state index contributed by atoms with van der Waals surface area (Å²) in [6, 6.07) is 0.460. The van der Waals surface area contributed by atoms with Crippen molar-refractivity contribution in [2.24, 2.45) is 0 Å². The van der Waals surface area contributed by atoms with Gasteiger partial charge in [-0.2, -0.15) is 16.7 Å². The fourth-order valence-corrected chi connectivity index (χ4v) is 3.34. The molecule has 0 aromatic carbocycles. The van der Waals surface area contributed by atoms with E-state index in [0.717, 1.165) is 36.2 Å². The molecule has 0 amide bonds. The molecule has 1 saturated heterocycles. The normalized spacial score (nSPS) is 24.7. The lowest BCUT2D eigenvalue weighted by Crippen LogP contribution is -2.31. The van der Waals surface area contributed by atoms with E-state index in [0.29, 0.717) is 12.0 Å². The second kappa shape index (κ2) is 5.84. The Balaban J connectivity index is 1.97. The average Bonchev–Trinajstić information content (AvgIpc) is 2.94. The van der Waals surface area contributed by atoms with Gasteiger partial charge in [0.15, 0.2) is 5.82 Å². The van der Waals surface area contributed by atoms with Gasteiger partial charge in [-0.3, -0.25) is 0 Å². The molecule has 0 bridgehead atoms. The van der Waals surface area contributed by atoms with Gasteiger partial charge in [-0.1, -0.05) is 5.16 Å². The SMILES string of the molecule is CNC1CSCC1c1nc(CCN(C)C)no1. The van der Waals surface area contributed by atoms with E-state index >= 15 is 0 Å². The first-order valence-corrected chi connectivity index (χ1v) is 7.08. The number of hydrogen-bond acceptors (Lipinski definition) is 6. The highest BCUT2D eigenvalue weighted by molar-refractivity contribution is 7.99. The maximum atomic E-state index is 5.38. The zero-order valence-electron chi connectivity index (χ0n) is 10.6. The zero-order chi connectivity index (χ0) is 12.3. The van der Waals surface area contributed by atoms with E-state index in [4.69, 9.17) is 4.52 Å². The van der Waals surface area contributed by atoms with Crippen LogP contribution in [0.3, 0.4) is 0 Å². The van der Waals surface area contributed by atoms with Crippen LogP contribution < -0.4 is 5.32 Å². The largest absolute Gasteiger partial charge is 0.339 e. The van der Waals surface area contributed by atoms with Crippen molar-refractivity contribution in [3.05, 3.63) is 11.7 Å². The average molecular weight is 256 g/mol. The molecule has 5 nitrogen and oxygen atoms in total. The predicted molar refractivity (Wildman–Crippen MR) is 69.5 cm³/mol. The van der Waals surface area contributed by atoms with Gasteiger partial charge in [0.25, 0.3) is 0 Å². The molecule has 0 aliphatic carbocycles. The van der Waals surface area contributed by atoms with Gasteiger partial charge in [0, 0.05) is 30.5 Å². The predicted octanol–water partition coefficient (Wildman–Crippen LogP) is 0.592. The Morgan fingerprint density at radius 3 is 3.00 bits per heavy atom. The maximum Gasteiger partial charge on any atom is 0.232 e. The summed E-state index contributed by atoms with van der Waals surface area (Å²) < 4.78 is 5.38. The molecule has 2 unspecified atom stereocenters. The first kappa shape index (κ1) is 12.9. The van der Waals surface area contributed by atoms with Crippen LogP contribution >= 0.6 is 11.8 Å². The van der Waals surface area contributed by atoms with Crippen molar-refractivity contribution in [1.82, 2.24) is 20.4 Å². The van der Waals surface area contributed by atoms with Crippen LogP contribution in [0, 0.1) is 0 Å². The van der Waals surface area contributed by atoms with Gasteiger partial charge in [0.2, 0.25) is 5.89 Å². The first-order chi connectivity index (χ1) is 8.20. The third kappa shape index (κ3) is 3.20. The summed E-state index contributed by atoms with van der Waals surface area (Å²) in [7, 11) is 6.09. The maximum absolute atomic E-state index is 5.38. The van der Waals surface area contributed by atoms with E-state index in [-0.39, 0.29) is 0 Å². The lowest BCUT2D eigenvalue weighted by molar-refractivity contribution is 0.338. The number of likely N-dealkylation sites (N-methyl/N-ethyl adjacent to an activating group) is 2. The number of hydrogen-bond donors (Lipinski definition) is 1. The molecule has 6 heteroatoms. The topological polar surface area (TPSA) is 54.2 Å². The Kier molecular flexibility index (Phi) is 4.42. The fraction of sp³-hybridized carbons (Fsp3) is 0.818. The van der Waals surface area contributed by atoms with Crippen LogP contribution in [0.5, 0.6) is 0 Å². The Labute approximate surface area is 106 Å². The summed E-state index contributed by atoms with van der Waals surface area (Å²) in [6.07, 6.45) is 0.848. The van der Waals surface area contributed by atoms with E-state index in [2.05, 4.69) is 20.4 Å². The number of aromatic nitrogens is 2. The quantitative estimate of drug-likeness (QED) is 0.832. The zero-order valence-corrected chi connectivity index (χ0v) is 11.5. The fourth-order valence-electron chi connectivity index (χ4n) is 1.93. The second-order valence-electron chi connectivity index (χ2n) is 4.64. The molecule has 96 valence electrons. The number of nitrogens with one attached hydrogen (secondary N) is 1. The van der Waals surface area contributed by atoms with E-state index in [1.807, 2.05) is 32.9 Å². The van der Waals surface area contributed by atoms with Gasteiger partial charge >= 0.3 is 0 Å². The summed E-state index contributed by atoms with van der Waals surface area (Å²) >= 11 is 1.94. The van der Waals surface area contributed by atoms with Crippen LogP contribution in [-0.2, 0) is 6.42 Å². The van der Waals surface area contributed by atoms with Crippen molar-refractivity contribution in [2.45, 2.75) is 18.4 Å². The van der Waals surface area contributed by atoms with Crippen molar-refractivity contribution in [3.8, 4) is 0 Å². The van der Waals surface area contributed by atoms with Crippen molar-refractivity contribution >= 4 is 11.8 Å². The third-order valence-corrected chi connectivity index (χ3v) is 4.22. The van der Waals surface area contributed by atoms with Crippen LogP contribution in [0.4, 0.5) is 0 Å². The standard InChI is InChI=1S/C11H20N4OS/c1-12-9-7-17-6-8(9)11-13-10(14-16-11)4-5-15(2)3/h8-9,12H,4-7H2,1-3H3. The molecule has 2 rings (SSSR count). The monoisotopic (exact) mass is 256 g/mol. The molecule has 1 fully saturated rings. The first-order valence-electron chi connectivity index (χ1n) is 5.93. The van der Waals surface area contributed by atoms with Crippen molar-refractivity contribution in [1.29, 1.82) is 0 Å². The Bertz CT molecular complexity index is 355. The lowest BCUT2D eigenvalue weighted by Gasteiger charge is -2.13. The van der Waals surface area contributed by atoms with Gasteiger partial charge < -0.3 is 14.7 Å². The Hall–Kier alpha value is -0.590. The molecule has 2 atom stereocenters. The molecular weight excluding hydrogens is 236 g/mol. The molecule has 0 radical (unpaired) electrons. The van der Waals surface area contributed by atoms with Gasteiger partial charge in [0.05, 0.1) is 5.92 Å². The smallest absolute Gasteiger partial charge is 0.232 e. The molecule has 0 saturated carbocycles. The Morgan fingerprint density at radius 1 is 1.47 bits per heavy atom. The van der Waals surface area contributed by atoms with Crippen molar-refractivity contribution in [2.75, 3.05) is 39.2 Å². The van der Waals surface area contributed by atoms with Gasteiger partial charge in [0.1, 0.15) is 0 Å². The van der Waals surface area contributed by atoms with Gasteiger partial charge in [-0.05, 0) is 21.1 Å². The van der Waals surface area contributed by atoms with Crippen molar-refractivity contribution in [3.63, 3.8) is 0 Å². The molecule has 1 aliphatic heterocycles. The van der Waals surface area contributed by atoms with E-state index in [1.54, 1.807) is 0 Å². The van der Waals surface area contributed by atoms with Gasteiger partial charge in [-0.15, -0.1) is 0 Å². The summed E-state index contributed by atoms with van der Waals surface area (Å²) in [5.41, 5.74) is 0. The van der Waals surface area contributed by atoms with Crippen LogP contribution in [0.1, 0.15) is 17.6 Å². The molecule has 1 aromatic rings. The minimum absolute atomic E-state index is 0.366. The highest BCUT2D eigenvalue weighted by atomic mass is 32.2. The van der Waals surface area contributed by atoms with Crippen LogP contribution in [0.15, 0.2) is 4.52 Å². The number of nitrogens with zero attached hydrogens (tertiary/aromatic N) is 3. The molecule has 1 N–H and O–H groups in total. The third-order valence-electron chi connectivity index (χ3n) is 3.03.